The van der Waals surface area contributed by atoms with Crippen molar-refractivity contribution in [2.75, 3.05) is 33.2 Å². The first-order valence-corrected chi connectivity index (χ1v) is 5.05. The van der Waals surface area contributed by atoms with Crippen LogP contribution >= 0.6 is 0 Å². The Morgan fingerprint density at radius 3 is 2.71 bits per heavy atom. The fourth-order valence-electron chi connectivity index (χ4n) is 1.68. The number of hydrogen-bond acceptors (Lipinski definition) is 4. The van der Waals surface area contributed by atoms with E-state index in [1.807, 2.05) is 7.05 Å². The van der Waals surface area contributed by atoms with Gasteiger partial charge in [-0.2, -0.15) is 0 Å². The molecule has 1 aliphatic heterocycles. The van der Waals surface area contributed by atoms with Gasteiger partial charge < -0.3 is 20.7 Å². The number of nitrogens with zero attached hydrogens (tertiary/aromatic N) is 1. The number of nitrogens with two attached hydrogens (primary N) is 1. The molecule has 0 aromatic rings. The molecule has 0 radical (unpaired) electrons. The zero-order chi connectivity index (χ0) is 10.4. The van der Waals surface area contributed by atoms with Crippen LogP contribution in [-0.4, -0.2) is 50.3 Å². The molecule has 0 aromatic heterocycles. The second kappa shape index (κ2) is 5.82. The number of primary amides is 1. The first kappa shape index (κ1) is 11.3. The first-order valence-electron chi connectivity index (χ1n) is 5.05. The number of piperidine rings is 1. The quantitative estimate of drug-likeness (QED) is 0.659. The predicted molar refractivity (Wildman–Crippen MR) is 54.1 cm³/mol. The van der Waals surface area contributed by atoms with Gasteiger partial charge in [0.15, 0.2) is 0 Å². The molecule has 0 spiro atoms. The Bertz CT molecular complexity index is 179. The SMILES string of the molecule is CNCCN1CCC(OC(N)=O)CC1. The Balaban J connectivity index is 2.14. The van der Waals surface area contributed by atoms with Crippen LogP contribution in [0.25, 0.3) is 0 Å². The molecule has 3 N–H and O–H groups in total. The Hall–Kier alpha value is -0.810. The molecular formula is C9H19N3O2. The summed E-state index contributed by atoms with van der Waals surface area (Å²) in [7, 11) is 1.95. The fraction of sp³-hybridized carbons (Fsp3) is 0.889. The van der Waals surface area contributed by atoms with Crippen molar-refractivity contribution < 1.29 is 9.53 Å². The van der Waals surface area contributed by atoms with E-state index in [1.54, 1.807) is 0 Å². The minimum Gasteiger partial charge on any atom is -0.446 e. The van der Waals surface area contributed by atoms with Crippen molar-refractivity contribution in [3.63, 3.8) is 0 Å². The molecule has 0 saturated carbocycles. The van der Waals surface area contributed by atoms with Crippen molar-refractivity contribution in [3.8, 4) is 0 Å². The van der Waals surface area contributed by atoms with Gasteiger partial charge in [-0.25, -0.2) is 4.79 Å². The zero-order valence-corrected chi connectivity index (χ0v) is 8.66. The Morgan fingerprint density at radius 2 is 2.21 bits per heavy atom. The number of amides is 1. The average Bonchev–Trinajstić information content (AvgIpc) is 2.16. The molecule has 1 rings (SSSR count). The number of carbonyl (C=O) groups excluding carboxylic acids is 1. The highest BCUT2D eigenvalue weighted by molar-refractivity contribution is 5.64. The molecular weight excluding hydrogens is 182 g/mol. The summed E-state index contributed by atoms with van der Waals surface area (Å²) >= 11 is 0. The van der Waals surface area contributed by atoms with E-state index >= 15 is 0 Å². The van der Waals surface area contributed by atoms with Gasteiger partial charge in [-0.1, -0.05) is 0 Å². The summed E-state index contributed by atoms with van der Waals surface area (Å²) in [4.78, 5) is 12.9. The second-order valence-electron chi connectivity index (χ2n) is 3.58. The lowest BCUT2D eigenvalue weighted by Crippen LogP contribution is -2.41. The van der Waals surface area contributed by atoms with Crippen LogP contribution in [0.5, 0.6) is 0 Å². The van der Waals surface area contributed by atoms with Gasteiger partial charge in [-0.3, -0.25) is 0 Å². The third-order valence-corrected chi connectivity index (χ3v) is 2.50. The van der Waals surface area contributed by atoms with E-state index in [1.165, 1.54) is 0 Å². The number of ether oxygens (including phenoxy) is 1. The van der Waals surface area contributed by atoms with Crippen LogP contribution in [0.15, 0.2) is 0 Å². The van der Waals surface area contributed by atoms with Crippen molar-refractivity contribution in [2.45, 2.75) is 18.9 Å². The van der Waals surface area contributed by atoms with Gasteiger partial charge in [-0.05, 0) is 19.9 Å². The molecule has 1 saturated heterocycles. The van der Waals surface area contributed by atoms with Crippen molar-refractivity contribution in [2.24, 2.45) is 5.73 Å². The summed E-state index contributed by atoms with van der Waals surface area (Å²) in [5, 5.41) is 3.11. The smallest absolute Gasteiger partial charge is 0.404 e. The van der Waals surface area contributed by atoms with Crippen molar-refractivity contribution >= 4 is 6.09 Å². The summed E-state index contributed by atoms with van der Waals surface area (Å²) in [6.07, 6.45) is 1.16. The van der Waals surface area contributed by atoms with Crippen molar-refractivity contribution in [1.29, 1.82) is 0 Å². The van der Waals surface area contributed by atoms with Crippen LogP contribution < -0.4 is 11.1 Å². The molecule has 1 amide bonds. The van der Waals surface area contributed by atoms with Gasteiger partial charge in [0.25, 0.3) is 0 Å². The highest BCUT2D eigenvalue weighted by Crippen LogP contribution is 2.12. The van der Waals surface area contributed by atoms with Crippen LogP contribution in [0.2, 0.25) is 0 Å². The number of rotatable bonds is 4. The van der Waals surface area contributed by atoms with Crippen molar-refractivity contribution in [1.82, 2.24) is 10.2 Å². The maximum atomic E-state index is 10.5. The number of likely N-dealkylation sites (tertiary alicyclic amines) is 1. The zero-order valence-electron chi connectivity index (χ0n) is 8.66. The molecule has 1 heterocycles. The van der Waals surface area contributed by atoms with Gasteiger partial charge in [0.1, 0.15) is 6.10 Å². The molecule has 1 aliphatic rings. The molecule has 0 aromatic carbocycles. The highest BCUT2D eigenvalue weighted by atomic mass is 16.6. The lowest BCUT2D eigenvalue weighted by Gasteiger charge is -2.31. The van der Waals surface area contributed by atoms with Gasteiger partial charge in [0.05, 0.1) is 0 Å². The molecule has 0 bridgehead atoms. The van der Waals surface area contributed by atoms with Crippen LogP contribution in [0.1, 0.15) is 12.8 Å². The fourth-order valence-corrected chi connectivity index (χ4v) is 1.68. The molecule has 5 heteroatoms. The summed E-state index contributed by atoms with van der Waals surface area (Å²) in [6.45, 7) is 4.03. The topological polar surface area (TPSA) is 67.6 Å². The number of carbonyl (C=O) groups is 1. The van der Waals surface area contributed by atoms with E-state index < -0.39 is 6.09 Å². The summed E-state index contributed by atoms with van der Waals surface area (Å²) in [6, 6.07) is 0. The van der Waals surface area contributed by atoms with Gasteiger partial charge in [0, 0.05) is 26.2 Å². The summed E-state index contributed by atoms with van der Waals surface area (Å²) < 4.78 is 4.94. The van der Waals surface area contributed by atoms with Crippen LogP contribution in [0.4, 0.5) is 4.79 Å². The predicted octanol–water partition coefficient (Wildman–Crippen LogP) is -0.234. The molecule has 0 aliphatic carbocycles. The maximum Gasteiger partial charge on any atom is 0.404 e. The summed E-state index contributed by atoms with van der Waals surface area (Å²) in [5.41, 5.74) is 4.95. The number of nitrogens with one attached hydrogen (secondary N) is 1. The van der Waals surface area contributed by atoms with E-state index in [9.17, 15) is 4.79 Å². The number of likely N-dealkylation sites (N-methyl/N-ethyl adjacent to an activating group) is 1. The average molecular weight is 201 g/mol. The van der Waals surface area contributed by atoms with Crippen LogP contribution in [0.3, 0.4) is 0 Å². The molecule has 82 valence electrons. The van der Waals surface area contributed by atoms with Crippen LogP contribution in [-0.2, 0) is 4.74 Å². The summed E-state index contributed by atoms with van der Waals surface area (Å²) in [5.74, 6) is 0. The molecule has 0 atom stereocenters. The highest BCUT2D eigenvalue weighted by Gasteiger charge is 2.20. The van der Waals surface area contributed by atoms with E-state index in [4.69, 9.17) is 10.5 Å². The molecule has 14 heavy (non-hydrogen) atoms. The lowest BCUT2D eigenvalue weighted by molar-refractivity contribution is 0.0567. The van der Waals surface area contributed by atoms with E-state index in [-0.39, 0.29) is 6.10 Å². The number of hydrogen-bond donors (Lipinski definition) is 2. The Labute approximate surface area is 84.6 Å². The monoisotopic (exact) mass is 201 g/mol. The van der Waals surface area contributed by atoms with Gasteiger partial charge >= 0.3 is 6.09 Å². The van der Waals surface area contributed by atoms with Gasteiger partial charge in [0.2, 0.25) is 0 Å². The lowest BCUT2D eigenvalue weighted by atomic mass is 10.1. The van der Waals surface area contributed by atoms with E-state index in [0.29, 0.717) is 0 Å². The van der Waals surface area contributed by atoms with Crippen molar-refractivity contribution in [3.05, 3.63) is 0 Å². The largest absolute Gasteiger partial charge is 0.446 e. The van der Waals surface area contributed by atoms with Gasteiger partial charge in [-0.15, -0.1) is 0 Å². The molecule has 0 unspecified atom stereocenters. The second-order valence-corrected chi connectivity index (χ2v) is 3.58. The third-order valence-electron chi connectivity index (χ3n) is 2.50. The minimum atomic E-state index is -0.654. The normalized spacial score (nSPS) is 19.5. The standard InChI is InChI=1S/C9H19N3O2/c1-11-4-7-12-5-2-8(3-6-12)14-9(10)13/h8,11H,2-7H2,1H3,(H2,10,13). The van der Waals surface area contributed by atoms with Crippen LogP contribution in [0, 0.1) is 0 Å². The first-order chi connectivity index (χ1) is 6.72. The van der Waals surface area contributed by atoms with E-state index in [2.05, 4.69) is 10.2 Å². The Morgan fingerprint density at radius 1 is 1.57 bits per heavy atom. The molecule has 5 nitrogen and oxygen atoms in total. The third kappa shape index (κ3) is 3.93. The van der Waals surface area contributed by atoms with E-state index in [0.717, 1.165) is 39.0 Å². The molecule has 1 fully saturated rings. The Kier molecular flexibility index (Phi) is 4.69. The minimum absolute atomic E-state index is 0.0262. The maximum absolute atomic E-state index is 10.5.